The third-order valence-electron chi connectivity index (χ3n) is 6.25. The van der Waals surface area contributed by atoms with E-state index in [1.807, 2.05) is 0 Å². The van der Waals surface area contributed by atoms with E-state index in [0.29, 0.717) is 16.4 Å². The molecule has 5 rings (SSSR count). The molecule has 1 saturated heterocycles. The summed E-state index contributed by atoms with van der Waals surface area (Å²) in [7, 11) is 1.38. The molecule has 1 aliphatic heterocycles. The maximum Gasteiger partial charge on any atom is 0.418 e. The quantitative estimate of drug-likeness (QED) is 0.361. The molecule has 2 N–H and O–H groups in total. The lowest BCUT2D eigenvalue weighted by molar-refractivity contribution is -0.216. The highest BCUT2D eigenvalue weighted by atomic mass is 35.5. The number of aliphatic hydroxyl groups excluding tert-OH is 2. The number of alkyl halides is 3. The monoisotopic (exact) mass is 570 g/mol. The Bertz CT molecular complexity index is 1410. The maximum atomic E-state index is 13.9. The number of hydrogen-bond donors (Lipinski definition) is 2. The zero-order valence-corrected chi connectivity index (χ0v) is 21.5. The zero-order chi connectivity index (χ0) is 27.2. The SMILES string of the molecule is CO[C@@H]1[C@@H](n2cc(-c3nccs3)nn2)[C@@H](O)[C@@H](CO)O[C@H]1c1cc(C)nn1-c1cc(Cl)ccc1C(F)(F)F. The van der Waals surface area contributed by atoms with E-state index in [9.17, 15) is 23.4 Å². The van der Waals surface area contributed by atoms with Gasteiger partial charge in [0.05, 0.1) is 35.4 Å². The average molecular weight is 571 g/mol. The fourth-order valence-corrected chi connectivity index (χ4v) is 5.36. The summed E-state index contributed by atoms with van der Waals surface area (Å²) in [6.07, 6.45) is -5.94. The molecule has 0 spiro atoms. The second-order valence-corrected chi connectivity index (χ2v) is 9.99. The van der Waals surface area contributed by atoms with E-state index < -0.39 is 48.8 Å². The van der Waals surface area contributed by atoms with E-state index in [-0.39, 0.29) is 16.4 Å². The molecule has 0 radical (unpaired) electrons. The summed E-state index contributed by atoms with van der Waals surface area (Å²) in [4.78, 5) is 4.21. The van der Waals surface area contributed by atoms with Crippen LogP contribution in [0.4, 0.5) is 13.2 Å². The zero-order valence-electron chi connectivity index (χ0n) is 19.9. The number of aliphatic hydroxyl groups is 2. The van der Waals surface area contributed by atoms with Crippen molar-refractivity contribution >= 4 is 22.9 Å². The molecule has 0 saturated carbocycles. The smallest absolute Gasteiger partial charge is 0.394 e. The molecule has 4 aromatic rings. The van der Waals surface area contributed by atoms with Gasteiger partial charge in [0.2, 0.25) is 0 Å². The van der Waals surface area contributed by atoms with Crippen LogP contribution in [0.15, 0.2) is 42.0 Å². The third-order valence-corrected chi connectivity index (χ3v) is 7.28. The van der Waals surface area contributed by atoms with Gasteiger partial charge in [-0.25, -0.2) is 14.3 Å². The molecule has 5 atom stereocenters. The first-order chi connectivity index (χ1) is 18.1. The summed E-state index contributed by atoms with van der Waals surface area (Å²) >= 11 is 7.43. The minimum absolute atomic E-state index is 0.0822. The topological polar surface area (TPSA) is 120 Å². The highest BCUT2D eigenvalue weighted by Crippen LogP contribution is 2.42. The lowest BCUT2D eigenvalue weighted by Gasteiger charge is -2.43. The van der Waals surface area contributed by atoms with E-state index >= 15 is 0 Å². The molecule has 0 bridgehead atoms. The molecule has 1 fully saturated rings. The Morgan fingerprint density at radius 2 is 2.05 bits per heavy atom. The van der Waals surface area contributed by atoms with Crippen LogP contribution in [-0.2, 0) is 15.7 Å². The number of methoxy groups -OCH3 is 1. The summed E-state index contributed by atoms with van der Waals surface area (Å²) in [5, 5.41) is 36.2. The van der Waals surface area contributed by atoms with E-state index in [0.717, 1.165) is 16.8 Å². The maximum absolute atomic E-state index is 13.9. The largest absolute Gasteiger partial charge is 0.418 e. The third kappa shape index (κ3) is 4.83. The number of thiazole rings is 1. The van der Waals surface area contributed by atoms with Crippen LogP contribution in [0.25, 0.3) is 16.4 Å². The molecular formula is C23H22ClF3N6O4S. The second-order valence-electron chi connectivity index (χ2n) is 8.66. The average Bonchev–Trinajstić information content (AvgIpc) is 3.63. The number of hydrogen-bond acceptors (Lipinski definition) is 9. The Kier molecular flexibility index (Phi) is 7.28. The molecule has 0 unspecified atom stereocenters. The summed E-state index contributed by atoms with van der Waals surface area (Å²) in [5.74, 6) is 0. The fourth-order valence-electron chi connectivity index (χ4n) is 4.60. The summed E-state index contributed by atoms with van der Waals surface area (Å²) < 4.78 is 56.1. The van der Waals surface area contributed by atoms with Crippen LogP contribution in [0.2, 0.25) is 5.02 Å². The summed E-state index contributed by atoms with van der Waals surface area (Å²) in [6, 6.07) is 3.83. The van der Waals surface area contributed by atoms with Gasteiger partial charge in [0.25, 0.3) is 0 Å². The highest BCUT2D eigenvalue weighted by molar-refractivity contribution is 7.13. The molecular weight excluding hydrogens is 549 g/mol. The van der Waals surface area contributed by atoms with Crippen LogP contribution in [0.5, 0.6) is 0 Å². The Balaban J connectivity index is 1.62. The van der Waals surface area contributed by atoms with Crippen molar-refractivity contribution in [2.45, 2.75) is 43.6 Å². The first-order valence-corrected chi connectivity index (χ1v) is 12.6. The van der Waals surface area contributed by atoms with Crippen molar-refractivity contribution in [1.29, 1.82) is 0 Å². The molecule has 4 heterocycles. The first kappa shape index (κ1) is 26.7. The standard InChI is InChI=1S/C23H22ClF3N6O4S/c1-11-7-16(33(30-11)15-8-12(24)3-4-13(15)23(25,26)27)20-21(36-2)18(19(35)17(10-34)37-20)32-9-14(29-31-32)22-28-5-6-38-22/h3-9,17-21,34-35H,10H2,1-2H3/t17-,18+,19+,20+,21-/m1/s1. The molecule has 15 heteroatoms. The fraction of sp³-hybridized carbons (Fsp3) is 0.391. The van der Waals surface area contributed by atoms with Crippen molar-refractivity contribution in [3.05, 3.63) is 64.0 Å². The van der Waals surface area contributed by atoms with E-state index in [4.69, 9.17) is 21.1 Å². The number of halogens is 4. The van der Waals surface area contributed by atoms with Gasteiger partial charge < -0.3 is 19.7 Å². The van der Waals surface area contributed by atoms with Crippen molar-refractivity contribution in [2.24, 2.45) is 0 Å². The first-order valence-electron chi connectivity index (χ1n) is 11.3. The van der Waals surface area contributed by atoms with Gasteiger partial charge in [-0.1, -0.05) is 16.8 Å². The van der Waals surface area contributed by atoms with Gasteiger partial charge in [-0.05, 0) is 31.2 Å². The highest BCUT2D eigenvalue weighted by Gasteiger charge is 2.49. The molecule has 10 nitrogen and oxygen atoms in total. The van der Waals surface area contributed by atoms with Gasteiger partial charge in [-0.15, -0.1) is 16.4 Å². The van der Waals surface area contributed by atoms with Gasteiger partial charge in [0, 0.05) is 23.7 Å². The minimum Gasteiger partial charge on any atom is -0.394 e. The van der Waals surface area contributed by atoms with Crippen molar-refractivity contribution < 1.29 is 32.9 Å². The molecule has 0 amide bonds. The van der Waals surface area contributed by atoms with E-state index in [1.54, 1.807) is 30.8 Å². The summed E-state index contributed by atoms with van der Waals surface area (Å²) in [5.41, 5.74) is -0.183. The number of aryl methyl sites for hydroxylation is 1. The lowest BCUT2D eigenvalue weighted by Crippen LogP contribution is -2.53. The number of benzene rings is 1. The van der Waals surface area contributed by atoms with Gasteiger partial charge in [-0.3, -0.25) is 0 Å². The van der Waals surface area contributed by atoms with Gasteiger partial charge in [-0.2, -0.15) is 18.3 Å². The van der Waals surface area contributed by atoms with Crippen molar-refractivity contribution in [1.82, 2.24) is 29.8 Å². The normalized spacial score (nSPS) is 24.2. The molecule has 3 aromatic heterocycles. The predicted molar refractivity (Wildman–Crippen MR) is 130 cm³/mol. The molecule has 202 valence electrons. The van der Waals surface area contributed by atoms with Gasteiger partial charge in [0.15, 0.2) is 0 Å². The van der Waals surface area contributed by atoms with Crippen molar-refractivity contribution in [3.63, 3.8) is 0 Å². The van der Waals surface area contributed by atoms with Crippen LogP contribution < -0.4 is 0 Å². The van der Waals surface area contributed by atoms with E-state index in [2.05, 4.69) is 20.4 Å². The lowest BCUT2D eigenvalue weighted by atomic mass is 9.90. The molecule has 0 aliphatic carbocycles. The van der Waals surface area contributed by atoms with Crippen molar-refractivity contribution in [3.8, 4) is 16.4 Å². The number of aromatic nitrogens is 6. The number of rotatable bonds is 6. The Morgan fingerprint density at radius 1 is 1.26 bits per heavy atom. The van der Waals surface area contributed by atoms with Crippen LogP contribution in [-0.4, -0.2) is 72.0 Å². The minimum atomic E-state index is -4.69. The Labute approximate surface area is 223 Å². The van der Waals surface area contributed by atoms with Crippen LogP contribution >= 0.6 is 22.9 Å². The van der Waals surface area contributed by atoms with Crippen LogP contribution in [0.3, 0.4) is 0 Å². The van der Waals surface area contributed by atoms with Crippen molar-refractivity contribution in [2.75, 3.05) is 13.7 Å². The van der Waals surface area contributed by atoms with Crippen LogP contribution in [0, 0.1) is 6.92 Å². The molecule has 38 heavy (non-hydrogen) atoms. The van der Waals surface area contributed by atoms with E-state index in [1.165, 1.54) is 29.2 Å². The Morgan fingerprint density at radius 3 is 2.71 bits per heavy atom. The number of ether oxygens (including phenoxy) is 2. The Hall–Kier alpha value is -2.88. The van der Waals surface area contributed by atoms with Gasteiger partial charge >= 0.3 is 6.18 Å². The summed E-state index contributed by atoms with van der Waals surface area (Å²) in [6.45, 7) is 1.05. The van der Waals surface area contributed by atoms with Crippen LogP contribution in [0.1, 0.15) is 29.1 Å². The molecule has 1 aromatic carbocycles. The number of nitrogens with zero attached hydrogens (tertiary/aromatic N) is 6. The molecule has 1 aliphatic rings. The predicted octanol–water partition coefficient (Wildman–Crippen LogP) is 3.62. The van der Waals surface area contributed by atoms with Gasteiger partial charge in [0.1, 0.15) is 41.2 Å². The second kappa shape index (κ2) is 10.4.